The Bertz CT molecular complexity index is 853. The molecule has 3 heterocycles. The minimum atomic E-state index is -0.315. The number of nitrogens with one attached hydrogen (secondary N) is 1. The SMILES string of the molecule is CC(C)C(=O)N1CCCCCCNC(=O)C2CC(C(=O)N3CCN(c4ccccn4)CC3)CC21. The van der Waals surface area contributed by atoms with E-state index in [1.807, 2.05) is 41.8 Å². The molecule has 1 aromatic heterocycles. The van der Waals surface area contributed by atoms with Crippen molar-refractivity contribution < 1.29 is 14.4 Å². The number of pyridine rings is 1. The highest BCUT2D eigenvalue weighted by Gasteiger charge is 2.46. The predicted octanol–water partition coefficient (Wildman–Crippen LogP) is 2.30. The van der Waals surface area contributed by atoms with Gasteiger partial charge in [-0.3, -0.25) is 14.4 Å². The summed E-state index contributed by atoms with van der Waals surface area (Å²) < 4.78 is 0. The van der Waals surface area contributed by atoms with Gasteiger partial charge in [-0.15, -0.1) is 0 Å². The number of anilines is 1. The van der Waals surface area contributed by atoms with E-state index in [0.29, 0.717) is 39.0 Å². The maximum absolute atomic E-state index is 13.5. The fraction of sp³-hybridized carbons (Fsp3) is 0.692. The first kappa shape index (κ1) is 24.5. The number of hydrogen-bond acceptors (Lipinski definition) is 5. The van der Waals surface area contributed by atoms with Crippen LogP contribution in [0.25, 0.3) is 0 Å². The van der Waals surface area contributed by atoms with Gasteiger partial charge in [0.15, 0.2) is 0 Å². The number of hydrogen-bond donors (Lipinski definition) is 1. The molecule has 2 aliphatic heterocycles. The summed E-state index contributed by atoms with van der Waals surface area (Å²) in [4.78, 5) is 50.3. The zero-order valence-corrected chi connectivity index (χ0v) is 20.6. The summed E-state index contributed by atoms with van der Waals surface area (Å²) in [5.74, 6) is 0.518. The molecule has 3 fully saturated rings. The summed E-state index contributed by atoms with van der Waals surface area (Å²) >= 11 is 0. The maximum Gasteiger partial charge on any atom is 0.225 e. The minimum absolute atomic E-state index is 0.00345. The number of piperazine rings is 1. The van der Waals surface area contributed by atoms with Gasteiger partial charge < -0.3 is 20.0 Å². The highest BCUT2D eigenvalue weighted by atomic mass is 16.2. The summed E-state index contributed by atoms with van der Waals surface area (Å²) in [5.41, 5.74) is 0. The van der Waals surface area contributed by atoms with Crippen LogP contribution in [-0.4, -0.2) is 77.8 Å². The Hall–Kier alpha value is -2.64. The van der Waals surface area contributed by atoms with E-state index in [4.69, 9.17) is 0 Å². The first-order chi connectivity index (χ1) is 16.5. The standard InChI is InChI=1S/C26H39N5O3/c1-19(2)25(33)31-12-8-4-3-6-11-28-24(32)21-17-20(18-22(21)31)26(34)30-15-13-29(14-16-30)23-9-5-7-10-27-23/h5,7,9-10,19-22H,3-4,6,8,11-18H2,1-2H3,(H,28,32). The molecule has 0 radical (unpaired) electrons. The van der Waals surface area contributed by atoms with Crippen LogP contribution in [-0.2, 0) is 14.4 Å². The molecule has 1 aromatic rings. The molecule has 8 heteroatoms. The Morgan fingerprint density at radius 3 is 2.47 bits per heavy atom. The molecule has 1 aliphatic carbocycles. The Balaban J connectivity index is 1.45. The molecule has 1 N–H and O–H groups in total. The third-order valence-electron chi connectivity index (χ3n) is 7.58. The van der Waals surface area contributed by atoms with Gasteiger partial charge in [-0.2, -0.15) is 0 Å². The number of carbonyl (C=O) groups is 3. The topological polar surface area (TPSA) is 85.8 Å². The number of carbonyl (C=O) groups excluding carboxylic acids is 3. The van der Waals surface area contributed by atoms with Gasteiger partial charge in [-0.05, 0) is 37.8 Å². The molecule has 186 valence electrons. The largest absolute Gasteiger partial charge is 0.356 e. The Morgan fingerprint density at radius 2 is 1.76 bits per heavy atom. The van der Waals surface area contributed by atoms with Gasteiger partial charge in [0, 0.05) is 63.3 Å². The van der Waals surface area contributed by atoms with Crippen LogP contribution >= 0.6 is 0 Å². The van der Waals surface area contributed by atoms with E-state index in [2.05, 4.69) is 15.2 Å². The van der Waals surface area contributed by atoms with Gasteiger partial charge in [-0.25, -0.2) is 4.98 Å². The van der Waals surface area contributed by atoms with E-state index < -0.39 is 0 Å². The molecule has 3 amide bonds. The molecule has 3 aliphatic rings. The van der Waals surface area contributed by atoms with Gasteiger partial charge in [0.25, 0.3) is 0 Å². The van der Waals surface area contributed by atoms with Crippen molar-refractivity contribution in [1.29, 1.82) is 0 Å². The van der Waals surface area contributed by atoms with Crippen molar-refractivity contribution in [1.82, 2.24) is 20.1 Å². The smallest absolute Gasteiger partial charge is 0.225 e. The van der Waals surface area contributed by atoms with Crippen LogP contribution in [0.4, 0.5) is 5.82 Å². The molecule has 34 heavy (non-hydrogen) atoms. The van der Waals surface area contributed by atoms with Crippen molar-refractivity contribution >= 4 is 23.5 Å². The average molecular weight is 470 g/mol. The lowest BCUT2D eigenvalue weighted by Gasteiger charge is -2.36. The van der Waals surface area contributed by atoms with Crippen LogP contribution < -0.4 is 10.2 Å². The monoisotopic (exact) mass is 469 g/mol. The van der Waals surface area contributed by atoms with E-state index in [9.17, 15) is 14.4 Å². The molecule has 3 atom stereocenters. The van der Waals surface area contributed by atoms with Crippen molar-refractivity contribution in [3.05, 3.63) is 24.4 Å². The Morgan fingerprint density at radius 1 is 1.00 bits per heavy atom. The van der Waals surface area contributed by atoms with E-state index >= 15 is 0 Å². The maximum atomic E-state index is 13.5. The van der Waals surface area contributed by atoms with Gasteiger partial charge in [0.2, 0.25) is 17.7 Å². The zero-order chi connectivity index (χ0) is 24.1. The van der Waals surface area contributed by atoms with Gasteiger partial charge in [0.1, 0.15) is 5.82 Å². The number of rotatable bonds is 3. The zero-order valence-electron chi connectivity index (χ0n) is 20.6. The molecule has 1 saturated carbocycles. The summed E-state index contributed by atoms with van der Waals surface area (Å²) in [7, 11) is 0. The van der Waals surface area contributed by atoms with Crippen molar-refractivity contribution in [3.63, 3.8) is 0 Å². The quantitative estimate of drug-likeness (QED) is 0.734. The van der Waals surface area contributed by atoms with Crippen LogP contribution in [0.1, 0.15) is 52.4 Å². The second kappa shape index (κ2) is 11.2. The average Bonchev–Trinajstić information content (AvgIpc) is 3.29. The lowest BCUT2D eigenvalue weighted by Crippen LogP contribution is -2.50. The second-order valence-electron chi connectivity index (χ2n) is 10.2. The predicted molar refractivity (Wildman–Crippen MR) is 131 cm³/mol. The van der Waals surface area contributed by atoms with Crippen LogP contribution in [0, 0.1) is 17.8 Å². The van der Waals surface area contributed by atoms with E-state index in [0.717, 1.165) is 44.6 Å². The molecular weight excluding hydrogens is 430 g/mol. The second-order valence-corrected chi connectivity index (χ2v) is 10.2. The number of nitrogens with zero attached hydrogens (tertiary/aromatic N) is 4. The molecule has 0 spiro atoms. The van der Waals surface area contributed by atoms with Crippen LogP contribution in [0.2, 0.25) is 0 Å². The van der Waals surface area contributed by atoms with Crippen LogP contribution in [0.3, 0.4) is 0 Å². The molecule has 0 bridgehead atoms. The highest BCUT2D eigenvalue weighted by Crippen LogP contribution is 2.37. The normalized spacial score (nSPS) is 26.6. The third kappa shape index (κ3) is 5.53. The molecule has 8 nitrogen and oxygen atoms in total. The summed E-state index contributed by atoms with van der Waals surface area (Å²) in [5, 5.41) is 3.09. The van der Waals surface area contributed by atoms with Crippen molar-refractivity contribution in [2.75, 3.05) is 44.2 Å². The van der Waals surface area contributed by atoms with Gasteiger partial charge in [0.05, 0.1) is 5.92 Å². The first-order valence-electron chi connectivity index (χ1n) is 13.0. The van der Waals surface area contributed by atoms with E-state index in [1.54, 1.807) is 6.20 Å². The number of fused-ring (bicyclic) bond motifs is 1. The van der Waals surface area contributed by atoms with Crippen LogP contribution in [0.15, 0.2) is 24.4 Å². The van der Waals surface area contributed by atoms with Gasteiger partial charge >= 0.3 is 0 Å². The molecule has 4 rings (SSSR count). The minimum Gasteiger partial charge on any atom is -0.356 e. The van der Waals surface area contributed by atoms with E-state index in [1.165, 1.54) is 0 Å². The fourth-order valence-electron chi connectivity index (χ4n) is 5.67. The molecule has 3 unspecified atom stereocenters. The van der Waals surface area contributed by atoms with E-state index in [-0.39, 0.29) is 41.5 Å². The number of aromatic nitrogens is 1. The Labute approximate surface area is 203 Å². The highest BCUT2D eigenvalue weighted by molar-refractivity contribution is 5.86. The van der Waals surface area contributed by atoms with Crippen molar-refractivity contribution in [2.45, 2.75) is 58.4 Å². The van der Waals surface area contributed by atoms with Crippen molar-refractivity contribution in [2.24, 2.45) is 17.8 Å². The number of amides is 3. The van der Waals surface area contributed by atoms with Crippen molar-refractivity contribution in [3.8, 4) is 0 Å². The first-order valence-corrected chi connectivity index (χ1v) is 13.0. The molecule has 2 saturated heterocycles. The summed E-state index contributed by atoms with van der Waals surface area (Å²) in [6, 6.07) is 5.68. The lowest BCUT2D eigenvalue weighted by atomic mass is 9.99. The Kier molecular flexibility index (Phi) is 8.06. The fourth-order valence-corrected chi connectivity index (χ4v) is 5.67. The summed E-state index contributed by atoms with van der Waals surface area (Å²) in [6.07, 6.45) is 6.92. The molecule has 0 aromatic carbocycles. The summed E-state index contributed by atoms with van der Waals surface area (Å²) in [6.45, 7) is 8.00. The lowest BCUT2D eigenvalue weighted by molar-refractivity contribution is -0.140. The van der Waals surface area contributed by atoms with Gasteiger partial charge in [-0.1, -0.05) is 32.8 Å². The third-order valence-corrected chi connectivity index (χ3v) is 7.58. The molecular formula is C26H39N5O3. The van der Waals surface area contributed by atoms with Crippen LogP contribution in [0.5, 0.6) is 0 Å².